The summed E-state index contributed by atoms with van der Waals surface area (Å²) in [6.07, 6.45) is -7.09. The van der Waals surface area contributed by atoms with Gasteiger partial charge in [-0.2, -0.15) is 0 Å². The van der Waals surface area contributed by atoms with Crippen LogP contribution in [0.3, 0.4) is 0 Å². The van der Waals surface area contributed by atoms with E-state index in [1.54, 1.807) is 0 Å². The fraction of sp³-hybridized carbons (Fsp3) is 1.00. The van der Waals surface area contributed by atoms with Gasteiger partial charge in [0.15, 0.2) is 0 Å². The molecule has 1 aliphatic rings. The van der Waals surface area contributed by atoms with Crippen LogP contribution in [0.15, 0.2) is 0 Å². The minimum atomic E-state index is -2.83. The van der Waals surface area contributed by atoms with E-state index in [1.807, 2.05) is 19.6 Å². The lowest BCUT2D eigenvalue weighted by Crippen LogP contribution is -2.67. The summed E-state index contributed by atoms with van der Waals surface area (Å²) >= 11 is 0. The van der Waals surface area contributed by atoms with Crippen molar-refractivity contribution < 1.29 is 116 Å². The number of aliphatic hydroxyl groups is 12. The molecule has 0 spiro atoms. The first-order chi connectivity index (χ1) is 31.3. The van der Waals surface area contributed by atoms with Crippen molar-refractivity contribution in [2.75, 3.05) is 139 Å². The number of ether oxygens (including phenoxy) is 9. The lowest BCUT2D eigenvalue weighted by molar-refractivity contribution is -0.0674. The topological polar surface area (TPSA) is 354 Å². The van der Waals surface area contributed by atoms with Crippen LogP contribution in [0.5, 0.6) is 0 Å². The van der Waals surface area contributed by atoms with Gasteiger partial charge >= 0.3 is 25.7 Å². The Morgan fingerprint density at radius 2 is 0.455 bits per heavy atom. The Morgan fingerprint density at radius 1 is 0.288 bits per heavy atom. The maximum absolute atomic E-state index is 10.3. The molecule has 24 nitrogen and oxygen atoms in total. The summed E-state index contributed by atoms with van der Waals surface area (Å²) in [4.78, 5) is 0. The molecule has 0 aromatic rings. The zero-order valence-corrected chi connectivity index (χ0v) is 42.1. The first-order valence-corrected chi connectivity index (χ1v) is 30.2. The quantitative estimate of drug-likeness (QED) is 0.0203. The molecule has 66 heavy (non-hydrogen) atoms. The summed E-state index contributed by atoms with van der Waals surface area (Å²) in [6, 6.07) is 1.77. The van der Waals surface area contributed by atoms with Crippen molar-refractivity contribution in [3.05, 3.63) is 0 Å². The van der Waals surface area contributed by atoms with Gasteiger partial charge in [0, 0.05) is 19.8 Å². The van der Waals surface area contributed by atoms with Crippen molar-refractivity contribution in [3.8, 4) is 0 Å². The van der Waals surface area contributed by atoms with Gasteiger partial charge in [-0.15, -0.1) is 0 Å². The first kappa shape index (κ1) is 63.7. The number of aliphatic hydroxyl groups excluding tert-OH is 12. The summed E-state index contributed by atoms with van der Waals surface area (Å²) in [7, 11) is -8.49. The zero-order chi connectivity index (χ0) is 49.3. The first-order valence-electron chi connectivity index (χ1n) is 22.6. The van der Waals surface area contributed by atoms with Crippen molar-refractivity contribution in [1.82, 2.24) is 0 Å². The van der Waals surface area contributed by atoms with Crippen LogP contribution in [0.4, 0.5) is 0 Å². The summed E-state index contributed by atoms with van der Waals surface area (Å²) in [5.74, 6) is 0. The normalized spacial score (nSPS) is 24.4. The van der Waals surface area contributed by atoms with Crippen molar-refractivity contribution >= 4 is 25.7 Å². The van der Waals surface area contributed by atoms with Crippen molar-refractivity contribution in [3.63, 3.8) is 0 Å². The number of rotatable bonds is 45. The Hall–Kier alpha value is -0.309. The van der Waals surface area contributed by atoms with E-state index in [1.165, 1.54) is 0 Å². The van der Waals surface area contributed by atoms with E-state index < -0.39 is 100 Å². The van der Waals surface area contributed by atoms with Crippen molar-refractivity contribution in [1.29, 1.82) is 0 Å². The van der Waals surface area contributed by atoms with Crippen LogP contribution in [0.2, 0.25) is 37.8 Å². The monoisotopic (exact) mass is 1020 g/mol. The molecule has 0 aromatic carbocycles. The summed E-state index contributed by atoms with van der Waals surface area (Å²) in [6.45, 7) is 4.43. The molecule has 9 unspecified atom stereocenters. The SMILES string of the molecule is C[Si]1(CCCOCC(O)COCC(O)COCC(O)CO)O[Si](C)(CCCOCC(O)COCC(O)COCC(O)CO)O[Si](C)(CCCOCC(O)COCC(O)COCC(O)CO)O1. The fourth-order valence-electron chi connectivity index (χ4n) is 6.37. The lowest BCUT2D eigenvalue weighted by atomic mass is 10.4. The highest BCUT2D eigenvalue weighted by molar-refractivity contribution is 6.93. The van der Waals surface area contributed by atoms with Gasteiger partial charge < -0.3 is 116 Å². The van der Waals surface area contributed by atoms with Gasteiger partial charge in [-0.25, -0.2) is 0 Å². The molecule has 27 heteroatoms. The predicted molar refractivity (Wildman–Crippen MR) is 239 cm³/mol. The Kier molecular flexibility index (Phi) is 36.2. The molecular weight excluding hydrogens is 937 g/mol. The zero-order valence-electron chi connectivity index (χ0n) is 39.1. The highest BCUT2D eigenvalue weighted by Crippen LogP contribution is 2.38. The van der Waals surface area contributed by atoms with E-state index >= 15 is 0 Å². The van der Waals surface area contributed by atoms with Gasteiger partial charge in [-0.1, -0.05) is 0 Å². The summed E-state index contributed by atoms with van der Waals surface area (Å²) in [5, 5.41) is 115. The van der Waals surface area contributed by atoms with Crippen molar-refractivity contribution in [2.45, 2.75) is 112 Å². The molecule has 0 bridgehead atoms. The van der Waals surface area contributed by atoms with Crippen LogP contribution < -0.4 is 0 Å². The molecule has 1 fully saturated rings. The molecule has 0 aromatic heterocycles. The smallest absolute Gasteiger partial charge is 0.317 e. The molecule has 9 atom stereocenters. The molecule has 1 heterocycles. The van der Waals surface area contributed by atoms with Gasteiger partial charge in [0.1, 0.15) is 54.9 Å². The lowest BCUT2D eigenvalue weighted by Gasteiger charge is -2.50. The minimum Gasteiger partial charge on any atom is -0.416 e. The van der Waals surface area contributed by atoms with E-state index in [-0.39, 0.29) is 99.1 Å². The maximum atomic E-state index is 10.3. The highest BCUT2D eigenvalue weighted by atomic mass is 28.5. The average Bonchev–Trinajstić information content (AvgIpc) is 3.25. The standard InChI is InChI=1S/C39H84O24Si3/c1-64(10-4-7-52-19-34(46)22-58-28-37(49)25-55-16-31(43)13-40)61-65(2,11-5-8-53-20-35(47)23-59-29-38(50)26-56-17-32(44)14-41)63-66(3,62-64)12-6-9-54-21-36(48)24-60-30-39(51)27-57-18-33(45)15-42/h31-51H,4-30H2,1-3H3. The molecule has 396 valence electrons. The summed E-state index contributed by atoms with van der Waals surface area (Å²) in [5.41, 5.74) is 0. The average molecular weight is 1020 g/mol. The van der Waals surface area contributed by atoms with E-state index in [2.05, 4.69) is 0 Å². The number of hydrogen-bond acceptors (Lipinski definition) is 24. The molecule has 0 amide bonds. The Balaban J connectivity index is 2.62. The molecular formula is C39H84O24Si3. The molecule has 0 saturated carbocycles. The van der Waals surface area contributed by atoms with Crippen LogP contribution in [-0.2, 0) is 55.0 Å². The van der Waals surface area contributed by atoms with Crippen LogP contribution in [0.25, 0.3) is 0 Å². The van der Waals surface area contributed by atoms with Crippen LogP contribution >= 0.6 is 0 Å². The molecule has 0 aliphatic carbocycles. The number of hydrogen-bond donors (Lipinski definition) is 12. The maximum Gasteiger partial charge on any atom is 0.317 e. The van der Waals surface area contributed by atoms with E-state index in [0.717, 1.165) is 0 Å². The van der Waals surface area contributed by atoms with Gasteiger partial charge in [0.2, 0.25) is 0 Å². The Labute approximate surface area is 391 Å². The van der Waals surface area contributed by atoms with Crippen LogP contribution in [-0.4, -0.2) is 281 Å². The highest BCUT2D eigenvalue weighted by Gasteiger charge is 2.55. The van der Waals surface area contributed by atoms with Gasteiger partial charge in [-0.3, -0.25) is 0 Å². The van der Waals surface area contributed by atoms with Gasteiger partial charge in [0.25, 0.3) is 0 Å². The van der Waals surface area contributed by atoms with Gasteiger partial charge in [0.05, 0.1) is 119 Å². The molecule has 0 radical (unpaired) electrons. The second-order valence-electron chi connectivity index (χ2n) is 16.9. The Morgan fingerprint density at radius 3 is 0.636 bits per heavy atom. The molecule has 1 rings (SSSR count). The van der Waals surface area contributed by atoms with E-state index in [4.69, 9.17) is 70.3 Å². The molecule has 1 saturated heterocycles. The molecule has 12 N–H and O–H groups in total. The minimum absolute atomic E-state index is 0.00256. The third-order valence-electron chi connectivity index (χ3n) is 9.34. The third-order valence-corrected chi connectivity index (χ3v) is 23.5. The second-order valence-corrected chi connectivity index (χ2v) is 27.7. The van der Waals surface area contributed by atoms with E-state index in [9.17, 15) is 46.0 Å². The molecule has 1 aliphatic heterocycles. The third kappa shape index (κ3) is 33.3. The fourth-order valence-corrected chi connectivity index (χ4v) is 23.8. The van der Waals surface area contributed by atoms with Crippen LogP contribution in [0.1, 0.15) is 19.3 Å². The Bertz CT molecular complexity index is 1010. The largest absolute Gasteiger partial charge is 0.416 e. The van der Waals surface area contributed by atoms with Crippen LogP contribution in [0, 0.1) is 0 Å². The summed E-state index contributed by atoms with van der Waals surface area (Å²) < 4.78 is 68.8. The van der Waals surface area contributed by atoms with E-state index in [0.29, 0.717) is 57.2 Å². The second kappa shape index (κ2) is 37.5. The van der Waals surface area contributed by atoms with Gasteiger partial charge in [-0.05, 0) is 57.0 Å². The van der Waals surface area contributed by atoms with Crippen molar-refractivity contribution in [2.24, 2.45) is 0 Å². The predicted octanol–water partition coefficient (Wildman–Crippen LogP) is -4.19.